The van der Waals surface area contributed by atoms with E-state index in [1.54, 1.807) is 0 Å². The van der Waals surface area contributed by atoms with Crippen molar-refractivity contribution in [3.63, 3.8) is 0 Å². The first-order valence-corrected chi connectivity index (χ1v) is 8.24. The van der Waals surface area contributed by atoms with Crippen LogP contribution < -0.4 is 10.6 Å². The molecule has 3 rings (SSSR count). The monoisotopic (exact) mass is 318 g/mol. The summed E-state index contributed by atoms with van der Waals surface area (Å²) in [5.41, 5.74) is 2.18. The lowest BCUT2D eigenvalue weighted by molar-refractivity contribution is 0.235. The molecular formula is C21H22N2O. The summed E-state index contributed by atoms with van der Waals surface area (Å²) in [6.45, 7) is 3.98. The van der Waals surface area contributed by atoms with Gasteiger partial charge in [-0.15, -0.1) is 0 Å². The zero-order chi connectivity index (χ0) is 16.9. The molecule has 3 aromatic carbocycles. The first-order valence-electron chi connectivity index (χ1n) is 8.24. The SMILES string of the molecule is CC(NC(=O)NC(C)c1ccc2ccccc2c1)c1ccccc1. The summed E-state index contributed by atoms with van der Waals surface area (Å²) in [4.78, 5) is 12.3. The first-order chi connectivity index (χ1) is 11.6. The molecule has 0 heterocycles. The molecule has 0 aliphatic heterocycles. The molecule has 2 unspecified atom stereocenters. The highest BCUT2D eigenvalue weighted by atomic mass is 16.2. The predicted molar refractivity (Wildman–Crippen MR) is 98.9 cm³/mol. The molecular weight excluding hydrogens is 296 g/mol. The van der Waals surface area contributed by atoms with E-state index < -0.39 is 0 Å². The molecule has 0 fully saturated rings. The zero-order valence-corrected chi connectivity index (χ0v) is 14.0. The van der Waals surface area contributed by atoms with Crippen molar-refractivity contribution in [3.05, 3.63) is 83.9 Å². The third-order valence-electron chi connectivity index (χ3n) is 4.27. The van der Waals surface area contributed by atoms with Gasteiger partial charge < -0.3 is 10.6 Å². The fraction of sp³-hybridized carbons (Fsp3) is 0.190. The zero-order valence-electron chi connectivity index (χ0n) is 14.0. The van der Waals surface area contributed by atoms with Crippen molar-refractivity contribution in [1.82, 2.24) is 10.6 Å². The van der Waals surface area contributed by atoms with Crippen LogP contribution in [-0.2, 0) is 0 Å². The average Bonchev–Trinajstić information content (AvgIpc) is 2.61. The van der Waals surface area contributed by atoms with Gasteiger partial charge >= 0.3 is 6.03 Å². The highest BCUT2D eigenvalue weighted by Gasteiger charge is 2.13. The van der Waals surface area contributed by atoms with Crippen LogP contribution in [0.2, 0.25) is 0 Å². The highest BCUT2D eigenvalue weighted by Crippen LogP contribution is 2.20. The van der Waals surface area contributed by atoms with Crippen LogP contribution in [0.25, 0.3) is 10.8 Å². The van der Waals surface area contributed by atoms with E-state index in [-0.39, 0.29) is 18.1 Å². The second-order valence-corrected chi connectivity index (χ2v) is 6.08. The fourth-order valence-electron chi connectivity index (χ4n) is 2.82. The van der Waals surface area contributed by atoms with Crippen molar-refractivity contribution in [2.45, 2.75) is 25.9 Å². The quantitative estimate of drug-likeness (QED) is 0.701. The summed E-state index contributed by atoms with van der Waals surface area (Å²) < 4.78 is 0. The summed E-state index contributed by atoms with van der Waals surface area (Å²) >= 11 is 0. The van der Waals surface area contributed by atoms with Crippen molar-refractivity contribution in [2.75, 3.05) is 0 Å². The molecule has 3 aromatic rings. The topological polar surface area (TPSA) is 41.1 Å². The van der Waals surface area contributed by atoms with E-state index in [0.717, 1.165) is 11.1 Å². The van der Waals surface area contributed by atoms with Gasteiger partial charge in [0.15, 0.2) is 0 Å². The van der Waals surface area contributed by atoms with Gasteiger partial charge in [-0.3, -0.25) is 0 Å². The standard InChI is InChI=1S/C21H22N2O/c1-15(17-8-4-3-5-9-17)22-21(24)23-16(2)19-13-12-18-10-6-7-11-20(18)14-19/h3-16H,1-2H3,(H2,22,23,24). The molecule has 0 aliphatic rings. The largest absolute Gasteiger partial charge is 0.332 e. The molecule has 0 radical (unpaired) electrons. The minimum absolute atomic E-state index is 0.0324. The maximum atomic E-state index is 12.3. The Morgan fingerprint density at radius 3 is 2.00 bits per heavy atom. The van der Waals surface area contributed by atoms with Gasteiger partial charge in [0.05, 0.1) is 12.1 Å². The number of benzene rings is 3. The van der Waals surface area contributed by atoms with Crippen molar-refractivity contribution >= 4 is 16.8 Å². The minimum Gasteiger partial charge on any atom is -0.332 e. The number of hydrogen-bond donors (Lipinski definition) is 2. The lowest BCUT2D eigenvalue weighted by atomic mass is 10.0. The summed E-state index contributed by atoms with van der Waals surface area (Å²) in [5.74, 6) is 0. The van der Waals surface area contributed by atoms with Gasteiger partial charge in [-0.1, -0.05) is 66.7 Å². The van der Waals surface area contributed by atoms with Gasteiger partial charge in [-0.25, -0.2) is 4.79 Å². The molecule has 122 valence electrons. The number of nitrogens with one attached hydrogen (secondary N) is 2. The normalized spacial score (nSPS) is 13.2. The first kappa shape index (κ1) is 16.1. The molecule has 0 spiro atoms. The van der Waals surface area contributed by atoms with E-state index in [9.17, 15) is 4.79 Å². The van der Waals surface area contributed by atoms with Crippen LogP contribution in [0.3, 0.4) is 0 Å². The fourth-order valence-corrected chi connectivity index (χ4v) is 2.82. The Balaban J connectivity index is 1.64. The Hall–Kier alpha value is -2.81. The molecule has 2 amide bonds. The summed E-state index contributed by atoms with van der Waals surface area (Å²) in [5, 5.41) is 8.38. The summed E-state index contributed by atoms with van der Waals surface area (Å²) in [6.07, 6.45) is 0. The van der Waals surface area contributed by atoms with Crippen LogP contribution >= 0.6 is 0 Å². The van der Waals surface area contributed by atoms with Gasteiger partial charge in [-0.2, -0.15) is 0 Å². The lowest BCUT2D eigenvalue weighted by Gasteiger charge is -2.19. The Kier molecular flexibility index (Phi) is 4.80. The van der Waals surface area contributed by atoms with Crippen LogP contribution in [0.1, 0.15) is 37.1 Å². The van der Waals surface area contributed by atoms with E-state index in [1.807, 2.05) is 56.3 Å². The third kappa shape index (κ3) is 3.74. The van der Waals surface area contributed by atoms with Crippen molar-refractivity contribution in [2.24, 2.45) is 0 Å². The number of rotatable bonds is 4. The van der Waals surface area contributed by atoms with E-state index in [0.29, 0.717) is 0 Å². The van der Waals surface area contributed by atoms with E-state index in [1.165, 1.54) is 10.8 Å². The van der Waals surface area contributed by atoms with E-state index >= 15 is 0 Å². The second-order valence-electron chi connectivity index (χ2n) is 6.08. The van der Waals surface area contributed by atoms with Crippen molar-refractivity contribution in [1.29, 1.82) is 0 Å². The van der Waals surface area contributed by atoms with Crippen molar-refractivity contribution in [3.8, 4) is 0 Å². The van der Waals surface area contributed by atoms with E-state index in [4.69, 9.17) is 0 Å². The van der Waals surface area contributed by atoms with Gasteiger partial charge in [-0.05, 0) is 41.8 Å². The van der Waals surface area contributed by atoms with Gasteiger partial charge in [0.2, 0.25) is 0 Å². The minimum atomic E-state index is -0.160. The van der Waals surface area contributed by atoms with Crippen LogP contribution in [-0.4, -0.2) is 6.03 Å². The number of fused-ring (bicyclic) bond motifs is 1. The van der Waals surface area contributed by atoms with Crippen LogP contribution in [0.15, 0.2) is 72.8 Å². The van der Waals surface area contributed by atoms with Crippen molar-refractivity contribution < 1.29 is 4.79 Å². The van der Waals surface area contributed by atoms with E-state index in [2.05, 4.69) is 41.0 Å². The van der Waals surface area contributed by atoms with Gasteiger partial charge in [0, 0.05) is 0 Å². The molecule has 2 N–H and O–H groups in total. The Morgan fingerprint density at radius 2 is 1.29 bits per heavy atom. The average molecular weight is 318 g/mol. The third-order valence-corrected chi connectivity index (χ3v) is 4.27. The highest BCUT2D eigenvalue weighted by molar-refractivity contribution is 5.83. The molecule has 0 bridgehead atoms. The summed E-state index contributed by atoms with van der Waals surface area (Å²) in [7, 11) is 0. The van der Waals surface area contributed by atoms with Crippen LogP contribution in [0.5, 0.6) is 0 Å². The number of carbonyl (C=O) groups is 1. The van der Waals surface area contributed by atoms with Gasteiger partial charge in [0.25, 0.3) is 0 Å². The number of amides is 2. The Morgan fingerprint density at radius 1 is 0.708 bits per heavy atom. The summed E-state index contributed by atoms with van der Waals surface area (Å²) in [6, 6.07) is 24.2. The smallest absolute Gasteiger partial charge is 0.315 e. The molecule has 3 nitrogen and oxygen atoms in total. The van der Waals surface area contributed by atoms with Crippen LogP contribution in [0, 0.1) is 0 Å². The molecule has 0 aromatic heterocycles. The Labute approximate surface area is 142 Å². The number of hydrogen-bond acceptors (Lipinski definition) is 1. The van der Waals surface area contributed by atoms with Crippen LogP contribution in [0.4, 0.5) is 4.79 Å². The lowest BCUT2D eigenvalue weighted by Crippen LogP contribution is -2.38. The predicted octanol–water partition coefficient (Wildman–Crippen LogP) is 4.96. The molecule has 0 aliphatic carbocycles. The molecule has 2 atom stereocenters. The maximum absolute atomic E-state index is 12.3. The van der Waals surface area contributed by atoms with Gasteiger partial charge in [0.1, 0.15) is 0 Å². The number of carbonyl (C=O) groups excluding carboxylic acids is 1. The molecule has 0 saturated carbocycles. The maximum Gasteiger partial charge on any atom is 0.315 e. The molecule has 3 heteroatoms. The second kappa shape index (κ2) is 7.18. The molecule has 24 heavy (non-hydrogen) atoms. The molecule has 0 saturated heterocycles. The Bertz CT molecular complexity index is 829. The number of urea groups is 1.